The van der Waals surface area contributed by atoms with Crippen LogP contribution >= 0.6 is 0 Å². The minimum Gasteiger partial charge on any atom is -0.618 e. The minimum absolute atomic E-state index is 0.147. The molecule has 0 atom stereocenters. The summed E-state index contributed by atoms with van der Waals surface area (Å²) in [6.07, 6.45) is 1.27. The van der Waals surface area contributed by atoms with Gasteiger partial charge in [-0.15, -0.1) is 0 Å². The molecule has 2 heterocycles. The Bertz CT molecular complexity index is 713. The van der Waals surface area contributed by atoms with Crippen LogP contribution in [0.1, 0.15) is 13.8 Å². The Morgan fingerprint density at radius 3 is 2.61 bits per heavy atom. The first kappa shape index (κ1) is 15.8. The van der Waals surface area contributed by atoms with Gasteiger partial charge in [0.25, 0.3) is 5.52 Å². The van der Waals surface area contributed by atoms with Gasteiger partial charge in [-0.1, -0.05) is 0 Å². The molecule has 1 aliphatic rings. The number of hydrogen-bond acceptors (Lipinski definition) is 4. The lowest BCUT2D eigenvalue weighted by atomic mass is 10.1. The largest absolute Gasteiger partial charge is 0.618 e. The fraction of sp³-hybridized carbons (Fsp3) is 0.471. The third kappa shape index (κ3) is 3.03. The van der Waals surface area contributed by atoms with E-state index in [9.17, 15) is 9.60 Å². The highest BCUT2D eigenvalue weighted by Crippen LogP contribution is 2.38. The summed E-state index contributed by atoms with van der Waals surface area (Å²) < 4.78 is 21.4. The topological polar surface area (TPSA) is 42.6 Å². The summed E-state index contributed by atoms with van der Waals surface area (Å²) in [7, 11) is 2.05. The molecule has 0 unspecified atom stereocenters. The Kier molecular flexibility index (Phi) is 4.26. The molecule has 0 bridgehead atoms. The van der Waals surface area contributed by atoms with Crippen molar-refractivity contribution in [3.05, 3.63) is 35.4 Å². The number of halogens is 1. The quantitative estimate of drug-likeness (QED) is 0.642. The van der Waals surface area contributed by atoms with E-state index in [1.54, 1.807) is 12.1 Å². The van der Waals surface area contributed by atoms with Gasteiger partial charge in [0.05, 0.1) is 11.5 Å². The summed E-state index contributed by atoms with van der Waals surface area (Å²) in [4.78, 5) is 4.17. The third-order valence-electron chi connectivity index (χ3n) is 4.10. The molecule has 0 radical (unpaired) electrons. The number of nitrogens with zero attached hydrogens (tertiary/aromatic N) is 3. The summed E-state index contributed by atoms with van der Waals surface area (Å²) in [6.45, 7) is 6.87. The van der Waals surface area contributed by atoms with Crippen LogP contribution in [-0.2, 0) is 0 Å². The Morgan fingerprint density at radius 1 is 1.26 bits per heavy atom. The fourth-order valence-electron chi connectivity index (χ4n) is 2.95. The summed E-state index contributed by atoms with van der Waals surface area (Å²) in [5.74, 6) is -0.000874. The van der Waals surface area contributed by atoms with E-state index in [1.807, 2.05) is 25.8 Å². The molecule has 1 aliphatic heterocycles. The van der Waals surface area contributed by atoms with E-state index in [2.05, 4.69) is 4.90 Å². The minimum atomic E-state index is -0.344. The lowest BCUT2D eigenvalue weighted by molar-refractivity contribution is -0.577. The number of pyridine rings is 1. The Morgan fingerprint density at radius 2 is 1.96 bits per heavy atom. The normalized spacial score (nSPS) is 16.3. The van der Waals surface area contributed by atoms with Crippen molar-refractivity contribution in [1.82, 2.24) is 4.90 Å². The van der Waals surface area contributed by atoms with Gasteiger partial charge in [-0.2, -0.15) is 4.73 Å². The average molecular weight is 319 g/mol. The standard InChI is InChI=1S/C17H22FN3O2/c1-12(2)23-17-15-13(5-4-6-21(15)22)11-14(18)16(17)20-9-7-19(3)8-10-20/h4-6,11-12H,7-10H2,1-3H3. The summed E-state index contributed by atoms with van der Waals surface area (Å²) in [5, 5.41) is 12.8. The molecule has 0 N–H and O–H groups in total. The molecule has 0 aliphatic carbocycles. The second kappa shape index (κ2) is 6.20. The van der Waals surface area contributed by atoms with Crippen molar-refractivity contribution in [2.45, 2.75) is 20.0 Å². The Balaban J connectivity index is 2.18. The molecule has 0 spiro atoms. The number of piperazine rings is 1. The molecule has 1 fully saturated rings. The van der Waals surface area contributed by atoms with Crippen LogP contribution in [0.15, 0.2) is 24.4 Å². The van der Waals surface area contributed by atoms with E-state index in [1.165, 1.54) is 12.3 Å². The van der Waals surface area contributed by atoms with Crippen LogP contribution in [0.4, 0.5) is 10.1 Å². The summed E-state index contributed by atoms with van der Waals surface area (Å²) in [5.41, 5.74) is 0.784. The summed E-state index contributed by atoms with van der Waals surface area (Å²) in [6, 6.07) is 4.77. The second-order valence-electron chi connectivity index (χ2n) is 6.26. The van der Waals surface area contributed by atoms with Crippen LogP contribution in [0.25, 0.3) is 10.9 Å². The van der Waals surface area contributed by atoms with Gasteiger partial charge in [0.15, 0.2) is 12.0 Å². The van der Waals surface area contributed by atoms with Gasteiger partial charge in [-0.25, -0.2) is 4.39 Å². The van der Waals surface area contributed by atoms with E-state index in [4.69, 9.17) is 4.74 Å². The van der Waals surface area contributed by atoms with Crippen LogP contribution < -0.4 is 14.4 Å². The van der Waals surface area contributed by atoms with Crippen LogP contribution in [0.3, 0.4) is 0 Å². The van der Waals surface area contributed by atoms with Gasteiger partial charge in [-0.05, 0) is 33.0 Å². The number of hydrogen-bond donors (Lipinski definition) is 0. The zero-order valence-corrected chi connectivity index (χ0v) is 13.8. The molecular formula is C17H22FN3O2. The van der Waals surface area contributed by atoms with Crippen molar-refractivity contribution < 1.29 is 13.9 Å². The van der Waals surface area contributed by atoms with Crippen LogP contribution in [0, 0.1) is 11.0 Å². The predicted molar refractivity (Wildman–Crippen MR) is 88.3 cm³/mol. The number of aromatic nitrogens is 1. The van der Waals surface area contributed by atoms with E-state index >= 15 is 0 Å². The molecule has 23 heavy (non-hydrogen) atoms. The highest BCUT2D eigenvalue weighted by atomic mass is 19.1. The van der Waals surface area contributed by atoms with Crippen molar-refractivity contribution >= 4 is 16.6 Å². The van der Waals surface area contributed by atoms with Crippen LogP contribution in [-0.4, -0.2) is 44.2 Å². The maximum atomic E-state index is 14.8. The number of likely N-dealkylation sites (N-methyl/N-ethyl adjacent to an activating group) is 1. The van der Waals surface area contributed by atoms with Gasteiger partial charge < -0.3 is 19.7 Å². The smallest absolute Gasteiger partial charge is 0.268 e. The van der Waals surface area contributed by atoms with Gasteiger partial charge in [-0.3, -0.25) is 0 Å². The fourth-order valence-corrected chi connectivity index (χ4v) is 2.95. The highest BCUT2D eigenvalue weighted by Gasteiger charge is 2.27. The SMILES string of the molecule is CC(C)Oc1c(N2CCN(C)CC2)c(F)cc2ccc[n+]([O-])c12. The molecule has 1 aromatic heterocycles. The van der Waals surface area contributed by atoms with Crippen molar-refractivity contribution in [3.8, 4) is 5.75 Å². The molecule has 1 saturated heterocycles. The van der Waals surface area contributed by atoms with Crippen molar-refractivity contribution in [2.75, 3.05) is 38.1 Å². The van der Waals surface area contributed by atoms with E-state index in [0.29, 0.717) is 35.4 Å². The van der Waals surface area contributed by atoms with Crippen molar-refractivity contribution in [2.24, 2.45) is 0 Å². The van der Waals surface area contributed by atoms with Crippen LogP contribution in [0.5, 0.6) is 5.75 Å². The van der Waals surface area contributed by atoms with E-state index in [-0.39, 0.29) is 11.9 Å². The van der Waals surface area contributed by atoms with Gasteiger partial charge in [0, 0.05) is 32.2 Å². The number of ether oxygens (including phenoxy) is 1. The number of anilines is 1. The highest BCUT2D eigenvalue weighted by molar-refractivity contribution is 5.88. The van der Waals surface area contributed by atoms with Gasteiger partial charge in [0.2, 0.25) is 5.75 Å². The lowest BCUT2D eigenvalue weighted by Gasteiger charge is -2.35. The summed E-state index contributed by atoms with van der Waals surface area (Å²) >= 11 is 0. The molecule has 2 aromatic rings. The zero-order valence-electron chi connectivity index (χ0n) is 13.8. The lowest BCUT2D eigenvalue weighted by Crippen LogP contribution is -2.45. The molecule has 5 nitrogen and oxygen atoms in total. The monoisotopic (exact) mass is 319 g/mol. The average Bonchev–Trinajstić information content (AvgIpc) is 2.48. The van der Waals surface area contributed by atoms with E-state index < -0.39 is 0 Å². The third-order valence-corrected chi connectivity index (χ3v) is 4.10. The number of benzene rings is 1. The molecular weight excluding hydrogens is 297 g/mol. The zero-order chi connectivity index (χ0) is 16.6. The molecule has 0 saturated carbocycles. The molecule has 0 amide bonds. The Hall–Kier alpha value is -2.08. The van der Waals surface area contributed by atoms with Gasteiger partial charge >= 0.3 is 0 Å². The second-order valence-corrected chi connectivity index (χ2v) is 6.26. The molecule has 3 rings (SSSR count). The number of rotatable bonds is 3. The van der Waals surface area contributed by atoms with E-state index in [0.717, 1.165) is 17.8 Å². The first-order chi connectivity index (χ1) is 11.0. The van der Waals surface area contributed by atoms with Gasteiger partial charge in [0.1, 0.15) is 5.69 Å². The number of fused-ring (bicyclic) bond motifs is 1. The van der Waals surface area contributed by atoms with Crippen LogP contribution in [0.2, 0.25) is 0 Å². The predicted octanol–water partition coefficient (Wildman–Crippen LogP) is 2.15. The van der Waals surface area contributed by atoms with Crippen molar-refractivity contribution in [1.29, 1.82) is 0 Å². The Labute approximate surface area is 135 Å². The maximum absolute atomic E-state index is 14.8. The first-order valence-electron chi connectivity index (χ1n) is 7.92. The van der Waals surface area contributed by atoms with Crippen molar-refractivity contribution in [3.63, 3.8) is 0 Å². The maximum Gasteiger partial charge on any atom is 0.268 e. The molecule has 1 aromatic carbocycles. The molecule has 124 valence electrons. The first-order valence-corrected chi connectivity index (χ1v) is 7.92. The molecule has 6 heteroatoms.